The van der Waals surface area contributed by atoms with E-state index in [2.05, 4.69) is 15.2 Å². The molecule has 0 spiro atoms. The van der Waals surface area contributed by atoms with Crippen molar-refractivity contribution >= 4 is 16.7 Å². The fourth-order valence-corrected chi connectivity index (χ4v) is 2.58. The van der Waals surface area contributed by atoms with Crippen LogP contribution >= 0.6 is 0 Å². The van der Waals surface area contributed by atoms with Gasteiger partial charge >= 0.3 is 0 Å². The van der Waals surface area contributed by atoms with Crippen LogP contribution in [0.25, 0.3) is 22.4 Å². The highest BCUT2D eigenvalue weighted by Gasteiger charge is 2.17. The Bertz CT molecular complexity index is 1110. The van der Waals surface area contributed by atoms with E-state index in [4.69, 9.17) is 5.26 Å². The summed E-state index contributed by atoms with van der Waals surface area (Å²) in [6, 6.07) is 11.5. The van der Waals surface area contributed by atoms with Crippen LogP contribution in [0.1, 0.15) is 11.3 Å². The molecule has 0 bridgehead atoms. The monoisotopic (exact) mass is 290 g/mol. The largest absolute Gasteiger partial charge is 0.323 e. The average molecular weight is 290 g/mol. The van der Waals surface area contributed by atoms with E-state index < -0.39 is 0 Å². The maximum absolute atomic E-state index is 12.6. The number of hydrogen-bond donors (Lipinski definition) is 1. The molecular weight excluding hydrogens is 280 g/mol. The van der Waals surface area contributed by atoms with E-state index in [1.54, 1.807) is 11.6 Å². The molecule has 4 aromatic rings. The van der Waals surface area contributed by atoms with Gasteiger partial charge in [0.05, 0.1) is 17.6 Å². The summed E-state index contributed by atoms with van der Waals surface area (Å²) in [6.07, 6.45) is 1.38. The number of para-hydroxylation sites is 1. The Hall–Kier alpha value is -3.40. The summed E-state index contributed by atoms with van der Waals surface area (Å²) >= 11 is 0. The van der Waals surface area contributed by atoms with Crippen LogP contribution in [0.4, 0.5) is 0 Å². The van der Waals surface area contributed by atoms with Crippen LogP contribution in [0.5, 0.6) is 0 Å². The summed E-state index contributed by atoms with van der Waals surface area (Å²) in [5.41, 5.74) is 2.40. The number of fused-ring (bicyclic) bond motifs is 2. The van der Waals surface area contributed by atoms with Crippen molar-refractivity contribution < 1.29 is 0 Å². The molecule has 3 heterocycles. The van der Waals surface area contributed by atoms with Crippen molar-refractivity contribution in [2.75, 3.05) is 0 Å². The Morgan fingerprint density at radius 2 is 2.00 bits per heavy atom. The molecule has 4 rings (SSSR count). The number of benzene rings is 1. The fraction of sp³-hybridized carbons (Fsp3) is 0.0667. The van der Waals surface area contributed by atoms with Crippen molar-refractivity contribution in [3.05, 3.63) is 58.1 Å². The second-order valence-corrected chi connectivity index (χ2v) is 4.92. The van der Waals surface area contributed by atoms with Gasteiger partial charge in [-0.3, -0.25) is 4.79 Å². The molecule has 0 saturated carbocycles. The van der Waals surface area contributed by atoms with Crippen molar-refractivity contribution in [1.82, 2.24) is 24.4 Å². The lowest BCUT2D eigenvalue weighted by Gasteiger charge is -2.03. The van der Waals surface area contributed by atoms with E-state index in [0.717, 1.165) is 5.69 Å². The van der Waals surface area contributed by atoms with E-state index >= 15 is 0 Å². The van der Waals surface area contributed by atoms with Gasteiger partial charge in [-0.15, -0.1) is 0 Å². The second-order valence-electron chi connectivity index (χ2n) is 4.92. The molecule has 0 aliphatic carbocycles. The highest BCUT2D eigenvalue weighted by atomic mass is 16.1. The summed E-state index contributed by atoms with van der Waals surface area (Å²) in [5.74, 6) is 0. The van der Waals surface area contributed by atoms with Crippen LogP contribution in [0.3, 0.4) is 0 Å². The van der Waals surface area contributed by atoms with Gasteiger partial charge in [0.25, 0.3) is 5.56 Å². The molecule has 7 nitrogen and oxygen atoms in total. The summed E-state index contributed by atoms with van der Waals surface area (Å²) in [7, 11) is 0. The number of aromatic amines is 1. The normalized spacial score (nSPS) is 11.1. The van der Waals surface area contributed by atoms with Crippen molar-refractivity contribution in [1.29, 1.82) is 5.26 Å². The summed E-state index contributed by atoms with van der Waals surface area (Å²) in [5, 5.41) is 18.0. The highest BCUT2D eigenvalue weighted by molar-refractivity contribution is 5.81. The molecule has 0 aliphatic heterocycles. The lowest BCUT2D eigenvalue weighted by Crippen LogP contribution is -2.16. The molecule has 1 aromatic carbocycles. The van der Waals surface area contributed by atoms with Crippen molar-refractivity contribution in [2.24, 2.45) is 0 Å². The number of aryl methyl sites for hydroxylation is 1. The molecular formula is C15H10N6O. The van der Waals surface area contributed by atoms with E-state index in [9.17, 15) is 4.79 Å². The van der Waals surface area contributed by atoms with E-state index in [-0.39, 0.29) is 5.56 Å². The summed E-state index contributed by atoms with van der Waals surface area (Å²) in [4.78, 5) is 15.7. The van der Waals surface area contributed by atoms with Crippen LogP contribution < -0.4 is 5.56 Å². The van der Waals surface area contributed by atoms with Crippen LogP contribution in [0, 0.1) is 18.3 Å². The molecule has 7 heteroatoms. The SMILES string of the molecule is Cc1nn(-c2ccccc2)c2[nH]c3c(C#N)cnn3c(=O)c12. The van der Waals surface area contributed by atoms with Gasteiger partial charge in [0, 0.05) is 0 Å². The minimum Gasteiger partial charge on any atom is -0.323 e. The quantitative estimate of drug-likeness (QED) is 0.575. The second kappa shape index (κ2) is 4.30. The third-order valence-corrected chi connectivity index (χ3v) is 3.59. The third-order valence-electron chi connectivity index (χ3n) is 3.59. The number of aromatic nitrogens is 5. The molecule has 0 radical (unpaired) electrons. The van der Waals surface area contributed by atoms with Gasteiger partial charge in [0.2, 0.25) is 0 Å². The lowest BCUT2D eigenvalue weighted by molar-refractivity contribution is 0.874. The van der Waals surface area contributed by atoms with Gasteiger partial charge in [-0.2, -0.15) is 20.0 Å². The first-order valence-electron chi connectivity index (χ1n) is 6.65. The van der Waals surface area contributed by atoms with Crippen molar-refractivity contribution in [3.63, 3.8) is 0 Å². The standard InChI is InChI=1S/C15H10N6O/c1-9-12-14(20(19-9)11-5-3-2-4-6-11)18-13-10(7-16)8-17-21(13)15(12)22/h2-6,8,18H,1H3. The smallest absolute Gasteiger partial charge is 0.285 e. The molecule has 0 aliphatic rings. The number of rotatable bonds is 1. The Labute approximate surface area is 124 Å². The van der Waals surface area contributed by atoms with Gasteiger partial charge in [-0.05, 0) is 19.1 Å². The number of nitrogens with zero attached hydrogens (tertiary/aromatic N) is 5. The first kappa shape index (κ1) is 12.3. The highest BCUT2D eigenvalue weighted by Crippen LogP contribution is 2.18. The predicted molar refractivity (Wildman–Crippen MR) is 79.9 cm³/mol. The zero-order chi connectivity index (χ0) is 15.3. The number of nitrogens with one attached hydrogen (secondary N) is 1. The zero-order valence-electron chi connectivity index (χ0n) is 11.6. The fourth-order valence-electron chi connectivity index (χ4n) is 2.58. The van der Waals surface area contributed by atoms with Gasteiger partial charge in [0.1, 0.15) is 22.7 Å². The predicted octanol–water partition coefficient (Wildman–Crippen LogP) is 1.54. The first-order chi connectivity index (χ1) is 10.7. The molecule has 0 saturated heterocycles. The van der Waals surface area contributed by atoms with Crippen LogP contribution in [0.15, 0.2) is 41.3 Å². The maximum Gasteiger partial charge on any atom is 0.285 e. The Kier molecular flexibility index (Phi) is 2.41. The Morgan fingerprint density at radius 3 is 2.73 bits per heavy atom. The lowest BCUT2D eigenvalue weighted by atomic mass is 10.3. The van der Waals surface area contributed by atoms with E-state index in [1.165, 1.54) is 10.7 Å². The Morgan fingerprint density at radius 1 is 1.23 bits per heavy atom. The molecule has 106 valence electrons. The zero-order valence-corrected chi connectivity index (χ0v) is 11.6. The van der Waals surface area contributed by atoms with E-state index in [1.807, 2.05) is 36.4 Å². The van der Waals surface area contributed by atoms with Crippen molar-refractivity contribution in [2.45, 2.75) is 6.92 Å². The summed E-state index contributed by atoms with van der Waals surface area (Å²) < 4.78 is 2.87. The number of nitriles is 1. The topological polar surface area (TPSA) is 91.8 Å². The molecule has 0 fully saturated rings. The van der Waals surface area contributed by atoms with Gasteiger partial charge in [-0.25, -0.2) is 4.68 Å². The Balaban J connectivity index is 2.20. The van der Waals surface area contributed by atoms with Gasteiger partial charge < -0.3 is 4.98 Å². The van der Waals surface area contributed by atoms with Gasteiger partial charge in [-0.1, -0.05) is 18.2 Å². The maximum atomic E-state index is 12.6. The van der Waals surface area contributed by atoms with Crippen LogP contribution in [0.2, 0.25) is 0 Å². The minimum absolute atomic E-state index is 0.287. The average Bonchev–Trinajstić information content (AvgIpc) is 3.10. The molecule has 0 amide bonds. The molecule has 0 atom stereocenters. The van der Waals surface area contributed by atoms with Crippen LogP contribution in [-0.4, -0.2) is 24.4 Å². The van der Waals surface area contributed by atoms with Gasteiger partial charge in [0.15, 0.2) is 5.65 Å². The first-order valence-corrected chi connectivity index (χ1v) is 6.65. The molecule has 0 unspecified atom stereocenters. The molecule has 1 N–H and O–H groups in total. The number of H-pyrrole nitrogens is 1. The van der Waals surface area contributed by atoms with Crippen LogP contribution in [-0.2, 0) is 0 Å². The minimum atomic E-state index is -0.287. The number of hydrogen-bond acceptors (Lipinski definition) is 4. The third kappa shape index (κ3) is 1.52. The summed E-state index contributed by atoms with van der Waals surface area (Å²) in [6.45, 7) is 1.78. The van der Waals surface area contributed by atoms with Crippen molar-refractivity contribution in [3.8, 4) is 11.8 Å². The molecule has 3 aromatic heterocycles. The molecule has 22 heavy (non-hydrogen) atoms. The van der Waals surface area contributed by atoms with E-state index in [0.29, 0.717) is 27.9 Å².